The summed E-state index contributed by atoms with van der Waals surface area (Å²) in [5.74, 6) is 0.904. The quantitative estimate of drug-likeness (QED) is 0.372. The van der Waals surface area contributed by atoms with Crippen LogP contribution in [-0.4, -0.2) is 43.6 Å². The Morgan fingerprint density at radius 1 is 1.23 bits per heavy atom. The maximum Gasteiger partial charge on any atom is 0.191 e. The van der Waals surface area contributed by atoms with Crippen LogP contribution in [0.2, 0.25) is 0 Å². The minimum absolute atomic E-state index is 0. The predicted molar refractivity (Wildman–Crippen MR) is 110 cm³/mol. The molecule has 6 heteroatoms. The Labute approximate surface area is 156 Å². The van der Waals surface area contributed by atoms with Crippen LogP contribution in [0, 0.1) is 0 Å². The van der Waals surface area contributed by atoms with Crippen LogP contribution in [0.4, 0.5) is 0 Å². The Kier molecular flexibility index (Phi) is 11.9. The van der Waals surface area contributed by atoms with E-state index in [4.69, 9.17) is 0 Å². The van der Waals surface area contributed by atoms with Crippen molar-refractivity contribution in [1.29, 1.82) is 0 Å². The summed E-state index contributed by atoms with van der Waals surface area (Å²) in [6.07, 6.45) is 1.11. The van der Waals surface area contributed by atoms with E-state index in [1.165, 1.54) is 9.75 Å². The lowest BCUT2D eigenvalue weighted by Gasteiger charge is -2.21. The van der Waals surface area contributed by atoms with Gasteiger partial charge in [0.2, 0.25) is 0 Å². The fourth-order valence-corrected chi connectivity index (χ4v) is 2.69. The van der Waals surface area contributed by atoms with E-state index in [9.17, 15) is 0 Å². The number of thiophene rings is 1. The highest BCUT2D eigenvalue weighted by Crippen LogP contribution is 2.17. The van der Waals surface area contributed by atoms with E-state index in [2.05, 4.69) is 67.4 Å². The van der Waals surface area contributed by atoms with Crippen molar-refractivity contribution < 1.29 is 0 Å². The second kappa shape index (κ2) is 12.1. The summed E-state index contributed by atoms with van der Waals surface area (Å²) in [6, 6.07) is 4.96. The van der Waals surface area contributed by atoms with Crippen LogP contribution in [0.15, 0.2) is 17.1 Å². The highest BCUT2D eigenvalue weighted by Gasteiger charge is 2.04. The standard InChI is InChI=1S/C16H30N4S.HI/c1-6-14-8-9-15(21-14)12-19-16(17-7-2)18-10-11-20(5)13(3)4;/h8-9,13H,6-7,10-12H2,1-5H3,(H2,17,18,19);1H. The van der Waals surface area contributed by atoms with E-state index < -0.39 is 0 Å². The fourth-order valence-electron chi connectivity index (χ4n) is 1.80. The van der Waals surface area contributed by atoms with E-state index in [0.717, 1.165) is 38.6 Å². The third-order valence-corrected chi connectivity index (χ3v) is 4.66. The van der Waals surface area contributed by atoms with Crippen LogP contribution in [0.25, 0.3) is 0 Å². The molecule has 0 aliphatic carbocycles. The molecular formula is C16H31IN4S. The molecule has 0 saturated carbocycles. The molecule has 22 heavy (non-hydrogen) atoms. The first-order valence-corrected chi connectivity index (χ1v) is 8.68. The van der Waals surface area contributed by atoms with Crippen LogP contribution in [0.1, 0.15) is 37.4 Å². The number of nitrogens with one attached hydrogen (secondary N) is 2. The van der Waals surface area contributed by atoms with Crippen molar-refractivity contribution in [1.82, 2.24) is 15.5 Å². The van der Waals surface area contributed by atoms with Gasteiger partial charge in [-0.2, -0.15) is 0 Å². The molecule has 0 radical (unpaired) electrons. The smallest absolute Gasteiger partial charge is 0.191 e. The molecule has 1 aromatic rings. The first-order chi connectivity index (χ1) is 10.1. The summed E-state index contributed by atoms with van der Waals surface area (Å²) in [5.41, 5.74) is 0. The Balaban J connectivity index is 0.00000441. The molecule has 0 fully saturated rings. The zero-order chi connectivity index (χ0) is 15.7. The van der Waals surface area contributed by atoms with Gasteiger partial charge in [-0.3, -0.25) is 0 Å². The molecule has 2 N–H and O–H groups in total. The maximum atomic E-state index is 4.66. The maximum absolute atomic E-state index is 4.66. The summed E-state index contributed by atoms with van der Waals surface area (Å²) in [7, 11) is 2.15. The van der Waals surface area contributed by atoms with Crippen LogP contribution < -0.4 is 10.6 Å². The molecule has 0 amide bonds. The largest absolute Gasteiger partial charge is 0.357 e. The first-order valence-electron chi connectivity index (χ1n) is 7.86. The van der Waals surface area contributed by atoms with Gasteiger partial charge in [0.25, 0.3) is 0 Å². The minimum atomic E-state index is 0. The van der Waals surface area contributed by atoms with Crippen LogP contribution in [0.3, 0.4) is 0 Å². The molecule has 128 valence electrons. The highest BCUT2D eigenvalue weighted by molar-refractivity contribution is 14.0. The van der Waals surface area contributed by atoms with Gasteiger partial charge in [0.1, 0.15) is 0 Å². The molecule has 0 unspecified atom stereocenters. The molecule has 0 aliphatic heterocycles. The number of aliphatic imine (C=N–C) groups is 1. The van der Waals surface area contributed by atoms with Crippen molar-refractivity contribution in [3.05, 3.63) is 21.9 Å². The van der Waals surface area contributed by atoms with Gasteiger partial charge < -0.3 is 15.5 Å². The first kappa shape index (κ1) is 21.7. The zero-order valence-electron chi connectivity index (χ0n) is 14.5. The Bertz CT molecular complexity index is 432. The molecule has 0 aliphatic rings. The number of aryl methyl sites for hydroxylation is 1. The number of hydrogen-bond acceptors (Lipinski definition) is 3. The average Bonchev–Trinajstić information content (AvgIpc) is 2.92. The van der Waals surface area contributed by atoms with Crippen LogP contribution in [-0.2, 0) is 13.0 Å². The van der Waals surface area contributed by atoms with Crippen molar-refractivity contribution in [3.8, 4) is 0 Å². The monoisotopic (exact) mass is 438 g/mol. The summed E-state index contributed by atoms with van der Waals surface area (Å²) in [4.78, 5) is 9.73. The second-order valence-corrected chi connectivity index (χ2v) is 6.67. The number of hydrogen-bond donors (Lipinski definition) is 2. The highest BCUT2D eigenvalue weighted by atomic mass is 127. The number of likely N-dealkylation sites (N-methyl/N-ethyl adjacent to an activating group) is 1. The van der Waals surface area contributed by atoms with Crippen molar-refractivity contribution in [2.75, 3.05) is 26.7 Å². The fraction of sp³-hybridized carbons (Fsp3) is 0.688. The van der Waals surface area contributed by atoms with E-state index >= 15 is 0 Å². The van der Waals surface area contributed by atoms with Gasteiger partial charge in [-0.25, -0.2) is 4.99 Å². The van der Waals surface area contributed by atoms with Gasteiger partial charge in [-0.15, -0.1) is 35.3 Å². The molecular weight excluding hydrogens is 407 g/mol. The normalized spacial score (nSPS) is 11.7. The summed E-state index contributed by atoms with van der Waals surface area (Å²) in [5, 5.41) is 6.70. The van der Waals surface area contributed by atoms with Crippen LogP contribution in [0.5, 0.6) is 0 Å². The van der Waals surface area contributed by atoms with Crippen molar-refractivity contribution in [2.45, 2.75) is 46.7 Å². The van der Waals surface area contributed by atoms with E-state index in [1.54, 1.807) is 0 Å². The van der Waals surface area contributed by atoms with Gasteiger partial charge in [0.05, 0.1) is 6.54 Å². The molecule has 0 spiro atoms. The molecule has 0 atom stereocenters. The molecule has 0 aromatic carbocycles. The lowest BCUT2D eigenvalue weighted by molar-refractivity contribution is 0.278. The van der Waals surface area contributed by atoms with E-state index in [0.29, 0.717) is 6.04 Å². The Morgan fingerprint density at radius 2 is 1.91 bits per heavy atom. The SMILES string of the molecule is CCNC(=NCc1ccc(CC)s1)NCCN(C)C(C)C.I. The number of rotatable bonds is 8. The number of halogens is 1. The number of nitrogens with zero attached hydrogens (tertiary/aromatic N) is 2. The summed E-state index contributed by atoms with van der Waals surface area (Å²) < 4.78 is 0. The predicted octanol–water partition coefficient (Wildman–Crippen LogP) is 3.32. The molecule has 4 nitrogen and oxygen atoms in total. The Hall–Kier alpha value is -0.340. The summed E-state index contributed by atoms with van der Waals surface area (Å²) >= 11 is 1.85. The van der Waals surface area contributed by atoms with Crippen molar-refractivity contribution >= 4 is 41.3 Å². The molecule has 1 aromatic heterocycles. The van der Waals surface area contributed by atoms with Gasteiger partial charge in [-0.1, -0.05) is 6.92 Å². The molecule has 1 rings (SSSR count). The summed E-state index contributed by atoms with van der Waals surface area (Å²) in [6.45, 7) is 12.3. The Morgan fingerprint density at radius 3 is 2.45 bits per heavy atom. The van der Waals surface area contributed by atoms with Gasteiger partial charge >= 0.3 is 0 Å². The third kappa shape index (κ3) is 8.33. The van der Waals surface area contributed by atoms with E-state index in [-0.39, 0.29) is 24.0 Å². The topological polar surface area (TPSA) is 39.7 Å². The van der Waals surface area contributed by atoms with Gasteiger partial charge in [0.15, 0.2) is 5.96 Å². The van der Waals surface area contributed by atoms with Crippen molar-refractivity contribution in [3.63, 3.8) is 0 Å². The van der Waals surface area contributed by atoms with Gasteiger partial charge in [-0.05, 0) is 46.4 Å². The van der Waals surface area contributed by atoms with Crippen molar-refractivity contribution in [2.24, 2.45) is 4.99 Å². The lowest BCUT2D eigenvalue weighted by atomic mass is 10.3. The molecule has 0 saturated heterocycles. The lowest BCUT2D eigenvalue weighted by Crippen LogP contribution is -2.42. The average molecular weight is 438 g/mol. The minimum Gasteiger partial charge on any atom is -0.357 e. The second-order valence-electron chi connectivity index (χ2n) is 5.42. The molecule has 0 bridgehead atoms. The third-order valence-electron chi connectivity index (χ3n) is 3.44. The number of guanidine groups is 1. The molecule has 1 heterocycles. The van der Waals surface area contributed by atoms with E-state index in [1.807, 2.05) is 11.3 Å². The zero-order valence-corrected chi connectivity index (χ0v) is 17.6. The van der Waals surface area contributed by atoms with Gasteiger partial charge in [0, 0.05) is 35.4 Å². The van der Waals surface area contributed by atoms with Crippen LogP contribution >= 0.6 is 35.3 Å².